The SMILES string of the molecule is C[C@@H]1COCCN1c1cc(N=S(C)(=O)C2CC2)nc(-c2ccnc3[nH]ccc23)c1. The van der Waals surface area contributed by atoms with Crippen LogP contribution in [0.5, 0.6) is 0 Å². The molecule has 152 valence electrons. The third kappa shape index (κ3) is 3.62. The summed E-state index contributed by atoms with van der Waals surface area (Å²) < 4.78 is 23.3. The van der Waals surface area contributed by atoms with Crippen LogP contribution in [-0.2, 0) is 14.5 Å². The first-order valence-corrected chi connectivity index (χ1v) is 12.0. The molecule has 0 aromatic carbocycles. The van der Waals surface area contributed by atoms with Crippen molar-refractivity contribution in [1.29, 1.82) is 0 Å². The van der Waals surface area contributed by atoms with Gasteiger partial charge in [-0.15, -0.1) is 0 Å². The fraction of sp³-hybridized carbons (Fsp3) is 0.429. The Morgan fingerprint density at radius 3 is 2.97 bits per heavy atom. The van der Waals surface area contributed by atoms with Crippen LogP contribution >= 0.6 is 0 Å². The number of rotatable bonds is 4. The van der Waals surface area contributed by atoms with E-state index in [0.29, 0.717) is 19.0 Å². The fourth-order valence-electron chi connectivity index (χ4n) is 3.91. The van der Waals surface area contributed by atoms with E-state index in [1.165, 1.54) is 0 Å². The molecule has 0 bridgehead atoms. The minimum absolute atomic E-state index is 0.191. The minimum Gasteiger partial charge on any atom is -0.377 e. The van der Waals surface area contributed by atoms with Crippen LogP contribution in [0.25, 0.3) is 22.3 Å². The van der Waals surface area contributed by atoms with Gasteiger partial charge in [0.1, 0.15) is 5.65 Å². The monoisotopic (exact) mass is 411 g/mol. The van der Waals surface area contributed by atoms with E-state index < -0.39 is 9.73 Å². The van der Waals surface area contributed by atoms with Gasteiger partial charge in [-0.05, 0) is 38.0 Å². The van der Waals surface area contributed by atoms with Crippen molar-refractivity contribution in [3.05, 3.63) is 36.7 Å². The lowest BCUT2D eigenvalue weighted by Gasteiger charge is -2.35. The number of ether oxygens (including phenoxy) is 1. The number of morpholine rings is 1. The van der Waals surface area contributed by atoms with E-state index in [9.17, 15) is 4.21 Å². The van der Waals surface area contributed by atoms with Gasteiger partial charge < -0.3 is 14.6 Å². The lowest BCUT2D eigenvalue weighted by atomic mass is 10.1. The molecule has 0 radical (unpaired) electrons. The number of H-pyrrole nitrogens is 1. The highest BCUT2D eigenvalue weighted by Crippen LogP contribution is 2.35. The van der Waals surface area contributed by atoms with Gasteiger partial charge in [0.2, 0.25) is 0 Å². The average Bonchev–Trinajstić information content (AvgIpc) is 3.46. The normalized spacial score (nSPS) is 21.9. The molecule has 2 fully saturated rings. The lowest BCUT2D eigenvalue weighted by Crippen LogP contribution is -2.43. The average molecular weight is 412 g/mol. The molecule has 1 aliphatic heterocycles. The number of pyridine rings is 2. The second-order valence-corrected chi connectivity index (χ2v) is 10.5. The molecule has 2 atom stereocenters. The van der Waals surface area contributed by atoms with Crippen molar-refractivity contribution in [2.24, 2.45) is 4.36 Å². The lowest BCUT2D eigenvalue weighted by molar-refractivity contribution is 0.0989. The predicted molar refractivity (Wildman–Crippen MR) is 116 cm³/mol. The summed E-state index contributed by atoms with van der Waals surface area (Å²) in [4.78, 5) is 14.7. The van der Waals surface area contributed by atoms with Crippen LogP contribution in [0.3, 0.4) is 0 Å². The van der Waals surface area contributed by atoms with Gasteiger partial charge in [-0.1, -0.05) is 0 Å². The predicted octanol–water partition coefficient (Wildman–Crippen LogP) is 3.74. The van der Waals surface area contributed by atoms with Crippen LogP contribution in [0.1, 0.15) is 19.8 Å². The molecule has 8 heteroatoms. The van der Waals surface area contributed by atoms with E-state index >= 15 is 0 Å². The summed E-state index contributed by atoms with van der Waals surface area (Å²) >= 11 is 0. The van der Waals surface area contributed by atoms with Crippen molar-refractivity contribution in [3.8, 4) is 11.3 Å². The molecule has 1 unspecified atom stereocenters. The highest BCUT2D eigenvalue weighted by atomic mass is 32.2. The van der Waals surface area contributed by atoms with Crippen LogP contribution in [0, 0.1) is 0 Å². The molecule has 29 heavy (non-hydrogen) atoms. The first-order valence-electron chi connectivity index (χ1n) is 10.0. The summed E-state index contributed by atoms with van der Waals surface area (Å²) in [5.41, 5.74) is 3.67. The molecule has 1 saturated heterocycles. The molecule has 2 aliphatic rings. The maximum Gasteiger partial charge on any atom is 0.164 e. The number of aromatic amines is 1. The van der Waals surface area contributed by atoms with Crippen molar-refractivity contribution in [2.75, 3.05) is 30.9 Å². The molecule has 7 nitrogen and oxygen atoms in total. The Balaban J connectivity index is 1.68. The van der Waals surface area contributed by atoms with Crippen LogP contribution in [0.15, 0.2) is 41.0 Å². The summed E-state index contributed by atoms with van der Waals surface area (Å²) in [6.45, 7) is 4.34. The molecule has 1 N–H and O–H groups in total. The molecule has 0 amide bonds. The van der Waals surface area contributed by atoms with Crippen molar-refractivity contribution in [1.82, 2.24) is 15.0 Å². The smallest absolute Gasteiger partial charge is 0.164 e. The third-order valence-electron chi connectivity index (χ3n) is 5.65. The first-order chi connectivity index (χ1) is 14.0. The number of anilines is 1. The van der Waals surface area contributed by atoms with Crippen LogP contribution in [-0.4, -0.2) is 56.5 Å². The fourth-order valence-corrected chi connectivity index (χ4v) is 5.54. The Bertz CT molecular complexity index is 1180. The molecule has 1 saturated carbocycles. The molecule has 3 aromatic heterocycles. The number of aromatic nitrogens is 3. The zero-order valence-corrected chi connectivity index (χ0v) is 17.5. The van der Waals surface area contributed by atoms with Gasteiger partial charge in [-0.2, -0.15) is 4.36 Å². The van der Waals surface area contributed by atoms with Gasteiger partial charge in [0.15, 0.2) is 5.82 Å². The second-order valence-electron chi connectivity index (χ2n) is 7.94. The van der Waals surface area contributed by atoms with Crippen LogP contribution in [0.2, 0.25) is 0 Å². The van der Waals surface area contributed by atoms with Gasteiger partial charge in [0.25, 0.3) is 0 Å². The Morgan fingerprint density at radius 1 is 1.31 bits per heavy atom. The maximum absolute atomic E-state index is 13.0. The summed E-state index contributed by atoms with van der Waals surface area (Å²) in [5.74, 6) is 0.538. The largest absolute Gasteiger partial charge is 0.377 e. The van der Waals surface area contributed by atoms with Gasteiger partial charge >= 0.3 is 0 Å². The number of hydrogen-bond donors (Lipinski definition) is 1. The summed E-state index contributed by atoms with van der Waals surface area (Å²) in [7, 11) is -2.28. The van der Waals surface area contributed by atoms with E-state index in [4.69, 9.17) is 9.72 Å². The summed E-state index contributed by atoms with van der Waals surface area (Å²) in [5, 5.41) is 1.20. The molecule has 0 spiro atoms. The topological polar surface area (TPSA) is 83.5 Å². The van der Waals surface area contributed by atoms with E-state index in [1.807, 2.05) is 24.4 Å². The van der Waals surface area contributed by atoms with E-state index in [-0.39, 0.29) is 11.3 Å². The molecular formula is C21H25N5O2S. The van der Waals surface area contributed by atoms with Crippen molar-refractivity contribution >= 4 is 32.3 Å². The zero-order chi connectivity index (χ0) is 20.0. The zero-order valence-electron chi connectivity index (χ0n) is 16.7. The summed E-state index contributed by atoms with van der Waals surface area (Å²) in [6, 6.07) is 8.29. The number of hydrogen-bond acceptors (Lipinski definition) is 6. The van der Waals surface area contributed by atoms with Gasteiger partial charge in [-0.25, -0.2) is 14.2 Å². The van der Waals surface area contributed by atoms with E-state index in [2.05, 4.69) is 32.2 Å². The number of nitrogens with zero attached hydrogens (tertiary/aromatic N) is 4. The first kappa shape index (κ1) is 18.6. The highest BCUT2D eigenvalue weighted by molar-refractivity contribution is 7.93. The van der Waals surface area contributed by atoms with E-state index in [0.717, 1.165) is 47.4 Å². The van der Waals surface area contributed by atoms with E-state index in [1.54, 1.807) is 12.5 Å². The van der Waals surface area contributed by atoms with Crippen molar-refractivity contribution in [3.63, 3.8) is 0 Å². The Labute approximate surface area is 170 Å². The van der Waals surface area contributed by atoms with Gasteiger partial charge in [0, 0.05) is 59.2 Å². The second kappa shape index (κ2) is 7.11. The van der Waals surface area contributed by atoms with Crippen molar-refractivity contribution in [2.45, 2.75) is 31.1 Å². The third-order valence-corrected chi connectivity index (χ3v) is 7.91. The Hall–Kier alpha value is -2.45. The van der Waals surface area contributed by atoms with Crippen LogP contribution < -0.4 is 4.90 Å². The quantitative estimate of drug-likeness (QED) is 0.707. The molecular weight excluding hydrogens is 386 g/mol. The Morgan fingerprint density at radius 2 is 2.17 bits per heavy atom. The Kier molecular flexibility index (Phi) is 4.55. The molecule has 4 heterocycles. The molecule has 3 aromatic rings. The standard InChI is InChI=1S/C21H25N5O2S/c1-14-13-28-10-9-26(14)15-11-19(17-5-7-22-21-18(17)6-8-23-21)24-20(12-15)25-29(2,27)16-3-4-16/h5-8,11-12,14,16H,3-4,9-10,13H2,1-2H3,(H,22,23)/t14-,29?/m1/s1. The molecule has 5 rings (SSSR count). The van der Waals surface area contributed by atoms with Gasteiger partial charge in [-0.3, -0.25) is 0 Å². The highest BCUT2D eigenvalue weighted by Gasteiger charge is 2.31. The number of fused-ring (bicyclic) bond motifs is 1. The maximum atomic E-state index is 13.0. The number of nitrogens with one attached hydrogen (secondary N) is 1. The minimum atomic E-state index is -2.28. The van der Waals surface area contributed by atoms with Crippen molar-refractivity contribution < 1.29 is 8.95 Å². The van der Waals surface area contributed by atoms with Gasteiger partial charge in [0.05, 0.1) is 28.6 Å². The van der Waals surface area contributed by atoms with Crippen LogP contribution in [0.4, 0.5) is 11.5 Å². The molecule has 1 aliphatic carbocycles. The summed E-state index contributed by atoms with van der Waals surface area (Å²) in [6.07, 6.45) is 7.39.